The highest BCUT2D eigenvalue weighted by molar-refractivity contribution is 6.31. The maximum atomic E-state index is 14.5. The SMILES string of the molecule is CCOC(=O)c1cn2nc(N3CCC[C@@H](N)C3)c(Cc3ccccc3Cl)c2c(=O)n1Cc1cccc2ccccc12.Cl. The van der Waals surface area contributed by atoms with Crippen molar-refractivity contribution in [1.29, 1.82) is 0 Å². The van der Waals surface area contributed by atoms with Crippen molar-refractivity contribution in [2.75, 3.05) is 24.6 Å². The quantitative estimate of drug-likeness (QED) is 0.247. The van der Waals surface area contributed by atoms with Crippen molar-refractivity contribution in [3.63, 3.8) is 0 Å². The number of carbonyl (C=O) groups excluding carboxylic acids is 1. The average Bonchev–Trinajstić information content (AvgIpc) is 3.34. The van der Waals surface area contributed by atoms with Crippen molar-refractivity contribution < 1.29 is 9.53 Å². The van der Waals surface area contributed by atoms with Gasteiger partial charge in [-0.3, -0.25) is 9.36 Å². The minimum atomic E-state index is -0.573. The van der Waals surface area contributed by atoms with E-state index in [1.54, 1.807) is 13.1 Å². The van der Waals surface area contributed by atoms with Crippen LogP contribution < -0.4 is 16.2 Å². The van der Waals surface area contributed by atoms with Crippen molar-refractivity contribution >= 4 is 52.1 Å². The van der Waals surface area contributed by atoms with Gasteiger partial charge in [-0.05, 0) is 47.7 Å². The lowest BCUT2D eigenvalue weighted by Crippen LogP contribution is -2.43. The number of hydrogen-bond donors (Lipinski definition) is 1. The molecule has 1 aliphatic rings. The van der Waals surface area contributed by atoms with Crippen LogP contribution in [0.15, 0.2) is 77.7 Å². The lowest BCUT2D eigenvalue weighted by atomic mass is 10.0. The number of carbonyl (C=O) groups is 1. The Kier molecular flexibility index (Phi) is 8.87. The first-order chi connectivity index (χ1) is 19.9. The fourth-order valence-corrected chi connectivity index (χ4v) is 5.98. The van der Waals surface area contributed by atoms with E-state index in [4.69, 9.17) is 27.2 Å². The standard InChI is InChI=1S/C32H32ClN5O3.ClH/c1-2-41-32(40)28-20-38-29(31(39)37(28)18-23-12-7-11-21-9-3-5-14-25(21)23)26(17-22-10-4-6-15-27(22)33)30(35-38)36-16-8-13-24(34)19-36;/h3-7,9-12,14-15,20,24H,2,8,13,16-19,34H2,1H3;1H/t24-;/m1./s1. The molecule has 1 fully saturated rings. The molecule has 8 nitrogen and oxygen atoms in total. The fourth-order valence-electron chi connectivity index (χ4n) is 5.78. The summed E-state index contributed by atoms with van der Waals surface area (Å²) in [4.78, 5) is 29.8. The third kappa shape index (κ3) is 5.62. The van der Waals surface area contributed by atoms with E-state index in [2.05, 4.69) is 4.90 Å². The highest BCUT2D eigenvalue weighted by Crippen LogP contribution is 2.30. The van der Waals surface area contributed by atoms with E-state index in [0.29, 0.717) is 29.3 Å². The highest BCUT2D eigenvalue weighted by Gasteiger charge is 2.28. The van der Waals surface area contributed by atoms with Gasteiger partial charge in [-0.1, -0.05) is 72.3 Å². The van der Waals surface area contributed by atoms with Crippen LogP contribution in [0.4, 0.5) is 5.82 Å². The van der Waals surface area contributed by atoms with E-state index in [-0.39, 0.29) is 42.9 Å². The summed E-state index contributed by atoms with van der Waals surface area (Å²) in [5.41, 5.74) is 9.16. The van der Waals surface area contributed by atoms with E-state index in [1.807, 2.05) is 66.7 Å². The number of anilines is 1. The summed E-state index contributed by atoms with van der Waals surface area (Å²) >= 11 is 6.58. The van der Waals surface area contributed by atoms with E-state index in [0.717, 1.165) is 46.8 Å². The number of piperidine rings is 1. The summed E-state index contributed by atoms with van der Waals surface area (Å²) in [6.45, 7) is 3.55. The highest BCUT2D eigenvalue weighted by atomic mass is 35.5. The molecule has 2 aromatic heterocycles. The van der Waals surface area contributed by atoms with Crippen LogP contribution in [0.1, 0.15) is 46.9 Å². The van der Waals surface area contributed by atoms with Gasteiger partial charge in [-0.2, -0.15) is 0 Å². The minimum absolute atomic E-state index is 0. The van der Waals surface area contributed by atoms with Gasteiger partial charge in [0.25, 0.3) is 5.56 Å². The summed E-state index contributed by atoms with van der Waals surface area (Å²) in [6, 6.07) is 21.6. The first kappa shape index (κ1) is 29.6. The maximum Gasteiger partial charge on any atom is 0.356 e. The number of rotatable bonds is 7. The number of fused-ring (bicyclic) bond motifs is 2. The number of esters is 1. The fraction of sp³-hybridized carbons (Fsp3) is 0.281. The van der Waals surface area contributed by atoms with Crippen LogP contribution in [0.5, 0.6) is 0 Å². The normalized spacial score (nSPS) is 15.1. The molecule has 6 rings (SSSR count). The largest absolute Gasteiger partial charge is 0.461 e. The molecular formula is C32H33Cl2N5O3. The molecule has 0 bridgehead atoms. The van der Waals surface area contributed by atoms with Crippen LogP contribution in [0.25, 0.3) is 16.3 Å². The van der Waals surface area contributed by atoms with E-state index in [9.17, 15) is 9.59 Å². The number of nitrogens with two attached hydrogens (primary N) is 1. The van der Waals surface area contributed by atoms with Gasteiger partial charge < -0.3 is 15.4 Å². The number of ether oxygens (including phenoxy) is 1. The molecule has 0 saturated carbocycles. The van der Waals surface area contributed by atoms with E-state index < -0.39 is 5.97 Å². The van der Waals surface area contributed by atoms with Crippen molar-refractivity contribution in [3.05, 3.63) is 111 Å². The first-order valence-electron chi connectivity index (χ1n) is 14.0. The molecule has 0 aliphatic carbocycles. The van der Waals surface area contributed by atoms with Gasteiger partial charge >= 0.3 is 5.97 Å². The van der Waals surface area contributed by atoms with Gasteiger partial charge in [0.1, 0.15) is 11.2 Å². The Balaban J connectivity index is 0.00000353. The van der Waals surface area contributed by atoms with Crippen LogP contribution >= 0.6 is 24.0 Å². The Morgan fingerprint density at radius 3 is 2.60 bits per heavy atom. The minimum Gasteiger partial charge on any atom is -0.461 e. The molecule has 3 heterocycles. The third-order valence-corrected chi connectivity index (χ3v) is 8.11. The van der Waals surface area contributed by atoms with E-state index >= 15 is 0 Å². The molecule has 0 unspecified atom stereocenters. The number of benzene rings is 3. The molecule has 0 spiro atoms. The van der Waals surface area contributed by atoms with Crippen LogP contribution in [0, 0.1) is 0 Å². The Bertz CT molecular complexity index is 1810. The molecule has 1 atom stereocenters. The molecule has 10 heteroatoms. The summed E-state index contributed by atoms with van der Waals surface area (Å²) in [7, 11) is 0. The number of nitrogens with zero attached hydrogens (tertiary/aromatic N) is 4. The van der Waals surface area contributed by atoms with Crippen molar-refractivity contribution in [3.8, 4) is 0 Å². The molecule has 0 radical (unpaired) electrons. The van der Waals surface area contributed by atoms with Gasteiger partial charge in [-0.15, -0.1) is 17.5 Å². The van der Waals surface area contributed by atoms with E-state index in [1.165, 1.54) is 9.08 Å². The van der Waals surface area contributed by atoms with Crippen molar-refractivity contribution in [2.24, 2.45) is 5.73 Å². The Morgan fingerprint density at radius 2 is 1.81 bits per heavy atom. The topological polar surface area (TPSA) is 94.9 Å². The number of aromatic nitrogens is 3. The summed E-state index contributed by atoms with van der Waals surface area (Å²) in [5.74, 6) is 0.117. The monoisotopic (exact) mass is 605 g/mol. The van der Waals surface area contributed by atoms with Crippen LogP contribution in [0.3, 0.4) is 0 Å². The van der Waals surface area contributed by atoms with Crippen LogP contribution in [0.2, 0.25) is 5.02 Å². The average molecular weight is 607 g/mol. The van der Waals surface area contributed by atoms with Gasteiger partial charge in [0.15, 0.2) is 5.82 Å². The van der Waals surface area contributed by atoms with Crippen molar-refractivity contribution in [2.45, 2.75) is 38.8 Å². The second-order valence-corrected chi connectivity index (χ2v) is 10.9. The maximum absolute atomic E-state index is 14.5. The molecule has 1 saturated heterocycles. The second-order valence-electron chi connectivity index (χ2n) is 10.5. The predicted octanol–water partition coefficient (Wildman–Crippen LogP) is 5.47. The summed E-state index contributed by atoms with van der Waals surface area (Å²) < 4.78 is 8.44. The van der Waals surface area contributed by atoms with Gasteiger partial charge in [0.2, 0.25) is 0 Å². The smallest absolute Gasteiger partial charge is 0.356 e. The molecular weight excluding hydrogens is 573 g/mol. The van der Waals surface area contributed by atoms with Crippen LogP contribution in [-0.2, 0) is 17.7 Å². The molecule has 218 valence electrons. The molecule has 2 N–H and O–H groups in total. The summed E-state index contributed by atoms with van der Waals surface area (Å²) in [5, 5.41) is 7.58. The van der Waals surface area contributed by atoms with Crippen molar-refractivity contribution in [1.82, 2.24) is 14.2 Å². The summed E-state index contributed by atoms with van der Waals surface area (Å²) in [6.07, 6.45) is 3.89. The number of halogens is 2. The third-order valence-electron chi connectivity index (χ3n) is 7.75. The Morgan fingerprint density at radius 1 is 1.07 bits per heavy atom. The lowest BCUT2D eigenvalue weighted by Gasteiger charge is -2.31. The second kappa shape index (κ2) is 12.6. The zero-order valence-corrected chi connectivity index (χ0v) is 24.9. The lowest BCUT2D eigenvalue weighted by molar-refractivity contribution is 0.0511. The first-order valence-corrected chi connectivity index (χ1v) is 14.3. The molecule has 1 aliphatic heterocycles. The van der Waals surface area contributed by atoms with Gasteiger partial charge in [0, 0.05) is 36.1 Å². The predicted molar refractivity (Wildman–Crippen MR) is 169 cm³/mol. The zero-order valence-electron chi connectivity index (χ0n) is 23.3. The molecule has 42 heavy (non-hydrogen) atoms. The Hall–Kier alpha value is -3.85. The molecule has 5 aromatic rings. The number of hydrogen-bond acceptors (Lipinski definition) is 6. The molecule has 0 amide bonds. The Labute approximate surface area is 255 Å². The van der Waals surface area contributed by atoms with Gasteiger partial charge in [0.05, 0.1) is 19.3 Å². The zero-order chi connectivity index (χ0) is 28.5. The van der Waals surface area contributed by atoms with Crippen LogP contribution in [-0.4, -0.2) is 45.9 Å². The molecule has 3 aromatic carbocycles. The van der Waals surface area contributed by atoms with Gasteiger partial charge in [-0.25, -0.2) is 9.31 Å².